The summed E-state index contributed by atoms with van der Waals surface area (Å²) < 4.78 is 46.4. The number of carbonyl (C=O) groups excluding carboxylic acids is 1. The van der Waals surface area contributed by atoms with Crippen molar-refractivity contribution in [3.8, 4) is 5.75 Å². The Bertz CT molecular complexity index is 418. The van der Waals surface area contributed by atoms with Crippen molar-refractivity contribution in [2.75, 3.05) is 14.2 Å². The summed E-state index contributed by atoms with van der Waals surface area (Å²) in [6.07, 6.45) is -1.14. The topological polar surface area (TPSA) is 35.5 Å². The monoisotopic (exact) mass is 247 g/mol. The van der Waals surface area contributed by atoms with Crippen LogP contribution in [0, 0.1) is 0 Å². The van der Waals surface area contributed by atoms with E-state index in [1.807, 2.05) is 0 Å². The second kappa shape index (κ2) is 5.12. The van der Waals surface area contributed by atoms with Crippen LogP contribution in [0.1, 0.15) is 15.9 Å². The van der Waals surface area contributed by atoms with E-state index in [9.17, 15) is 17.7 Å². The van der Waals surface area contributed by atoms with Crippen molar-refractivity contribution in [1.82, 2.24) is 0 Å². The molecule has 0 atom stereocenters. The van der Waals surface area contributed by atoms with Gasteiger partial charge in [-0.15, -0.1) is 0 Å². The Morgan fingerprint density at radius 3 is 2.41 bits per heavy atom. The minimum absolute atomic E-state index is 0.0903. The highest BCUT2D eigenvalue weighted by Gasteiger charge is 2.26. The van der Waals surface area contributed by atoms with Gasteiger partial charge < -0.3 is 22.4 Å². The standard InChI is InChI=1S/C10H11BF3O3/c1-16-8-3-4-9(10(15)17-2)7(5-8)6-11(12,13)14/h3-5H,6H2,1-2H3/q-1. The Morgan fingerprint density at radius 2 is 1.94 bits per heavy atom. The average Bonchev–Trinajstić information content (AvgIpc) is 2.25. The number of esters is 1. The second-order valence-electron chi connectivity index (χ2n) is 3.43. The molecule has 0 amide bonds. The lowest BCUT2D eigenvalue weighted by atomic mass is 9.80. The quantitative estimate of drug-likeness (QED) is 0.605. The van der Waals surface area contributed by atoms with Gasteiger partial charge >= 0.3 is 12.9 Å². The van der Waals surface area contributed by atoms with E-state index in [0.717, 1.165) is 7.11 Å². The summed E-state index contributed by atoms with van der Waals surface area (Å²) in [5, 5.41) is 0. The molecule has 0 saturated carbocycles. The number of rotatable bonds is 4. The van der Waals surface area contributed by atoms with Crippen LogP contribution in [0.5, 0.6) is 5.75 Å². The van der Waals surface area contributed by atoms with Gasteiger partial charge in [-0.05, 0) is 18.2 Å². The molecule has 0 N–H and O–H groups in total. The van der Waals surface area contributed by atoms with Gasteiger partial charge in [0, 0.05) is 0 Å². The second-order valence-corrected chi connectivity index (χ2v) is 3.43. The van der Waals surface area contributed by atoms with E-state index in [1.165, 1.54) is 25.3 Å². The first-order valence-corrected chi connectivity index (χ1v) is 4.83. The van der Waals surface area contributed by atoms with E-state index in [0.29, 0.717) is 0 Å². The lowest BCUT2D eigenvalue weighted by Crippen LogP contribution is -2.21. The Kier molecular flexibility index (Phi) is 4.04. The molecule has 3 nitrogen and oxygen atoms in total. The zero-order chi connectivity index (χ0) is 13.1. The maximum Gasteiger partial charge on any atom is 0.482 e. The SMILES string of the molecule is COC(=O)c1ccc(OC)cc1C[B-](F)(F)F. The number of hydrogen-bond acceptors (Lipinski definition) is 3. The molecule has 17 heavy (non-hydrogen) atoms. The molecule has 7 heteroatoms. The van der Waals surface area contributed by atoms with Crippen molar-refractivity contribution in [3.63, 3.8) is 0 Å². The molecule has 0 unspecified atom stereocenters. The number of halogens is 3. The van der Waals surface area contributed by atoms with Crippen LogP contribution in [0.4, 0.5) is 12.9 Å². The Morgan fingerprint density at radius 1 is 1.29 bits per heavy atom. The van der Waals surface area contributed by atoms with Gasteiger partial charge in [0.25, 0.3) is 0 Å². The lowest BCUT2D eigenvalue weighted by molar-refractivity contribution is 0.0599. The molecule has 0 aliphatic heterocycles. The third kappa shape index (κ3) is 3.69. The molecule has 0 aliphatic rings. The van der Waals surface area contributed by atoms with Crippen LogP contribution in [0.3, 0.4) is 0 Å². The number of benzene rings is 1. The minimum atomic E-state index is -5.02. The fourth-order valence-electron chi connectivity index (χ4n) is 1.42. The van der Waals surface area contributed by atoms with Crippen molar-refractivity contribution >= 4 is 12.9 Å². The summed E-state index contributed by atoms with van der Waals surface area (Å²) in [7, 11) is 2.46. The average molecular weight is 247 g/mol. The van der Waals surface area contributed by atoms with Crippen LogP contribution in [-0.2, 0) is 11.1 Å². The van der Waals surface area contributed by atoms with E-state index >= 15 is 0 Å². The first-order chi connectivity index (χ1) is 7.87. The summed E-state index contributed by atoms with van der Waals surface area (Å²) in [6, 6.07) is 3.88. The van der Waals surface area contributed by atoms with Crippen LogP contribution in [-0.4, -0.2) is 27.2 Å². The molecule has 1 rings (SSSR count). The molecular weight excluding hydrogens is 236 g/mol. The summed E-state index contributed by atoms with van der Waals surface area (Å²) in [6.45, 7) is -5.02. The van der Waals surface area contributed by atoms with E-state index in [1.54, 1.807) is 0 Å². The van der Waals surface area contributed by atoms with Crippen LogP contribution in [0.2, 0.25) is 0 Å². The van der Waals surface area contributed by atoms with Gasteiger partial charge in [-0.1, -0.05) is 11.9 Å². The van der Waals surface area contributed by atoms with Crippen LogP contribution in [0.25, 0.3) is 0 Å². The van der Waals surface area contributed by atoms with E-state index in [4.69, 9.17) is 4.74 Å². The van der Waals surface area contributed by atoms with E-state index in [-0.39, 0.29) is 16.9 Å². The maximum absolute atomic E-state index is 12.4. The van der Waals surface area contributed by atoms with Crippen LogP contribution >= 0.6 is 0 Å². The molecule has 0 heterocycles. The predicted molar refractivity (Wildman–Crippen MR) is 57.1 cm³/mol. The Balaban J connectivity index is 3.16. The lowest BCUT2D eigenvalue weighted by Gasteiger charge is -2.16. The highest BCUT2D eigenvalue weighted by molar-refractivity contribution is 6.58. The largest absolute Gasteiger partial charge is 0.497 e. The number of methoxy groups -OCH3 is 2. The molecule has 0 fully saturated rings. The zero-order valence-corrected chi connectivity index (χ0v) is 9.38. The first kappa shape index (κ1) is 13.4. The van der Waals surface area contributed by atoms with Crippen molar-refractivity contribution in [1.29, 1.82) is 0 Å². The maximum atomic E-state index is 12.4. The van der Waals surface area contributed by atoms with Crippen LogP contribution < -0.4 is 4.74 Å². The number of hydrogen-bond donors (Lipinski definition) is 0. The summed E-state index contributed by atoms with van der Waals surface area (Å²) in [5.74, 6) is -0.518. The van der Waals surface area contributed by atoms with Crippen molar-refractivity contribution < 1.29 is 27.2 Å². The minimum Gasteiger partial charge on any atom is -0.497 e. The fourth-order valence-corrected chi connectivity index (χ4v) is 1.42. The zero-order valence-electron chi connectivity index (χ0n) is 9.38. The predicted octanol–water partition coefficient (Wildman–Crippen LogP) is 2.41. The molecule has 94 valence electrons. The summed E-state index contributed by atoms with van der Waals surface area (Å²) in [4.78, 5) is 11.3. The molecule has 0 bridgehead atoms. The van der Waals surface area contributed by atoms with Gasteiger partial charge in [-0.25, -0.2) is 4.79 Å². The first-order valence-electron chi connectivity index (χ1n) is 4.83. The van der Waals surface area contributed by atoms with Crippen molar-refractivity contribution in [2.24, 2.45) is 0 Å². The Hall–Kier alpha value is -1.66. The molecule has 0 aliphatic carbocycles. The highest BCUT2D eigenvalue weighted by atomic mass is 19.4. The summed E-state index contributed by atoms with van der Waals surface area (Å²) in [5.41, 5.74) is -0.226. The molecule has 0 aromatic heterocycles. The smallest absolute Gasteiger partial charge is 0.482 e. The van der Waals surface area contributed by atoms with Gasteiger partial charge in [-0.2, -0.15) is 0 Å². The normalized spacial score (nSPS) is 11.1. The molecule has 0 saturated heterocycles. The van der Waals surface area contributed by atoms with Gasteiger partial charge in [0.05, 0.1) is 19.8 Å². The van der Waals surface area contributed by atoms with Crippen molar-refractivity contribution in [2.45, 2.75) is 6.32 Å². The number of carbonyl (C=O) groups is 1. The summed E-state index contributed by atoms with van der Waals surface area (Å²) >= 11 is 0. The third-order valence-electron chi connectivity index (χ3n) is 2.17. The third-order valence-corrected chi connectivity index (χ3v) is 2.17. The van der Waals surface area contributed by atoms with Gasteiger partial charge in [-0.3, -0.25) is 0 Å². The van der Waals surface area contributed by atoms with Gasteiger partial charge in [0.1, 0.15) is 5.75 Å². The van der Waals surface area contributed by atoms with Crippen molar-refractivity contribution in [3.05, 3.63) is 29.3 Å². The van der Waals surface area contributed by atoms with Gasteiger partial charge in [0.15, 0.2) is 0 Å². The highest BCUT2D eigenvalue weighted by Crippen LogP contribution is 2.24. The molecule has 0 radical (unpaired) electrons. The van der Waals surface area contributed by atoms with E-state index in [2.05, 4.69) is 4.74 Å². The Labute approximate surface area is 96.6 Å². The van der Waals surface area contributed by atoms with Crippen LogP contribution in [0.15, 0.2) is 18.2 Å². The van der Waals surface area contributed by atoms with Gasteiger partial charge in [0.2, 0.25) is 0 Å². The number of ether oxygens (including phenoxy) is 2. The molecule has 1 aromatic carbocycles. The molecular formula is C10H11BF3O3-. The molecule has 1 aromatic rings. The fraction of sp³-hybridized carbons (Fsp3) is 0.300. The molecule has 0 spiro atoms. The van der Waals surface area contributed by atoms with E-state index < -0.39 is 19.3 Å².